The molecule has 0 saturated carbocycles. The number of fused-ring (bicyclic) bond motifs is 12. The first-order chi connectivity index (χ1) is 37.2. The van der Waals surface area contributed by atoms with E-state index < -0.39 is 5.41 Å². The van der Waals surface area contributed by atoms with Crippen LogP contribution in [0.25, 0.3) is 94.4 Å². The van der Waals surface area contributed by atoms with Crippen molar-refractivity contribution in [3.63, 3.8) is 0 Å². The van der Waals surface area contributed by atoms with Gasteiger partial charge in [-0.25, -0.2) is 4.98 Å². The number of nitrogens with zero attached hydrogens (tertiary/aromatic N) is 3. The Bertz CT molecular complexity index is 4240. The van der Waals surface area contributed by atoms with Crippen molar-refractivity contribution >= 4 is 39.0 Å². The second-order valence-corrected chi connectivity index (χ2v) is 19.8. The highest BCUT2D eigenvalue weighted by Gasteiger charge is 2.52. The summed E-state index contributed by atoms with van der Waals surface area (Å²) in [6.07, 6.45) is 0. The molecular formula is C72H47N3. The molecule has 0 amide bonds. The minimum Gasteiger partial charge on any atom is -0.309 e. The molecule has 350 valence electrons. The van der Waals surface area contributed by atoms with Gasteiger partial charge in [0.1, 0.15) is 5.82 Å². The average molecular weight is 954 g/mol. The second kappa shape index (κ2) is 17.2. The molecule has 3 nitrogen and oxygen atoms in total. The van der Waals surface area contributed by atoms with E-state index in [4.69, 9.17) is 4.98 Å². The van der Waals surface area contributed by atoms with E-state index in [-0.39, 0.29) is 0 Å². The highest BCUT2D eigenvalue weighted by molar-refractivity contribution is 6.10. The zero-order chi connectivity index (χ0) is 49.5. The molecule has 1 aliphatic carbocycles. The summed E-state index contributed by atoms with van der Waals surface area (Å²) in [6, 6.07) is 104. The summed E-state index contributed by atoms with van der Waals surface area (Å²) in [4.78, 5) is 7.92. The van der Waals surface area contributed by atoms with Gasteiger partial charge in [-0.15, -0.1) is 0 Å². The molecular weight excluding hydrogens is 907 g/mol. The third-order valence-electron chi connectivity index (χ3n) is 15.8. The fourth-order valence-corrected chi connectivity index (χ4v) is 12.5. The largest absolute Gasteiger partial charge is 0.309 e. The van der Waals surface area contributed by atoms with Crippen LogP contribution in [-0.2, 0) is 5.41 Å². The lowest BCUT2D eigenvalue weighted by Crippen LogP contribution is -2.36. The maximum absolute atomic E-state index is 5.52. The van der Waals surface area contributed by atoms with Gasteiger partial charge >= 0.3 is 0 Å². The monoisotopic (exact) mass is 953 g/mol. The van der Waals surface area contributed by atoms with Crippen molar-refractivity contribution in [2.45, 2.75) is 5.41 Å². The van der Waals surface area contributed by atoms with Crippen molar-refractivity contribution in [3.05, 3.63) is 307 Å². The smallest absolute Gasteiger partial charge is 0.138 e. The number of anilines is 3. The van der Waals surface area contributed by atoms with Crippen LogP contribution in [0.4, 0.5) is 17.2 Å². The summed E-state index contributed by atoms with van der Waals surface area (Å²) >= 11 is 0. The lowest BCUT2D eigenvalue weighted by Gasteiger charge is -2.44. The first kappa shape index (κ1) is 42.8. The third-order valence-corrected chi connectivity index (χ3v) is 15.8. The molecule has 15 rings (SSSR count). The number of para-hydroxylation sites is 3. The fourth-order valence-electron chi connectivity index (χ4n) is 12.5. The molecule has 1 aliphatic heterocycles. The van der Waals surface area contributed by atoms with Gasteiger partial charge < -0.3 is 4.57 Å². The van der Waals surface area contributed by atoms with E-state index in [2.05, 4.69) is 295 Å². The molecule has 2 aliphatic rings. The maximum Gasteiger partial charge on any atom is 0.138 e. The Morgan fingerprint density at radius 2 is 0.773 bits per heavy atom. The van der Waals surface area contributed by atoms with E-state index in [1.54, 1.807) is 0 Å². The van der Waals surface area contributed by atoms with Crippen molar-refractivity contribution in [2.24, 2.45) is 0 Å². The van der Waals surface area contributed by atoms with Crippen molar-refractivity contribution in [1.29, 1.82) is 0 Å². The third kappa shape index (κ3) is 6.72. The Hall–Kier alpha value is -9.83. The van der Waals surface area contributed by atoms with E-state index in [0.717, 1.165) is 45.3 Å². The standard InChI is InChI=1S/C72H47N3/c1-4-19-48(20-5-1)53-25-18-26-57(43-53)74-67-32-15-11-28-60(67)61-44-54(40-42-68(61)74)50-35-37-51(38-36-50)55-39-41-59-58-27-10-12-29-62(58)72(65(59)45-55)63-30-13-16-33-69(63)75(70-34-17-14-31-64(70)72)71-47-56(49-21-6-2-7-22-49)46-66(73-71)52-23-8-3-9-24-52/h1-47H. The molecule has 0 radical (unpaired) electrons. The highest BCUT2D eigenvalue weighted by atomic mass is 15.2. The van der Waals surface area contributed by atoms with Gasteiger partial charge in [-0.1, -0.05) is 224 Å². The quantitative estimate of drug-likeness (QED) is 0.159. The van der Waals surface area contributed by atoms with Crippen LogP contribution in [0.2, 0.25) is 0 Å². The van der Waals surface area contributed by atoms with E-state index in [0.29, 0.717) is 0 Å². The minimum atomic E-state index is -0.595. The van der Waals surface area contributed by atoms with Crippen LogP contribution in [0.15, 0.2) is 285 Å². The van der Waals surface area contributed by atoms with Gasteiger partial charge in [-0.3, -0.25) is 4.90 Å². The molecule has 2 aromatic heterocycles. The van der Waals surface area contributed by atoms with Crippen LogP contribution in [0.5, 0.6) is 0 Å². The summed E-state index contributed by atoms with van der Waals surface area (Å²) in [5, 5.41) is 2.48. The summed E-state index contributed by atoms with van der Waals surface area (Å²) in [5.41, 5.74) is 24.2. The first-order valence-corrected chi connectivity index (χ1v) is 25.9. The predicted molar refractivity (Wildman–Crippen MR) is 311 cm³/mol. The molecule has 0 N–H and O–H groups in total. The van der Waals surface area contributed by atoms with E-state index >= 15 is 0 Å². The van der Waals surface area contributed by atoms with E-state index in [1.807, 2.05) is 0 Å². The number of pyridine rings is 1. The van der Waals surface area contributed by atoms with Gasteiger partial charge in [0.15, 0.2) is 0 Å². The van der Waals surface area contributed by atoms with E-state index in [1.165, 1.54) is 88.6 Å². The Morgan fingerprint density at radius 1 is 0.280 bits per heavy atom. The van der Waals surface area contributed by atoms with Crippen molar-refractivity contribution in [3.8, 4) is 72.6 Å². The minimum absolute atomic E-state index is 0.595. The molecule has 0 fully saturated rings. The van der Waals surface area contributed by atoms with Crippen molar-refractivity contribution < 1.29 is 0 Å². The molecule has 1 spiro atoms. The van der Waals surface area contributed by atoms with Gasteiger partial charge in [0.2, 0.25) is 0 Å². The second-order valence-electron chi connectivity index (χ2n) is 19.8. The van der Waals surface area contributed by atoms with Crippen LogP contribution in [-0.4, -0.2) is 9.55 Å². The molecule has 75 heavy (non-hydrogen) atoms. The Balaban J connectivity index is 0.845. The van der Waals surface area contributed by atoms with Crippen molar-refractivity contribution in [2.75, 3.05) is 4.90 Å². The predicted octanol–water partition coefficient (Wildman–Crippen LogP) is 18.7. The molecule has 11 aromatic carbocycles. The molecule has 0 unspecified atom stereocenters. The van der Waals surface area contributed by atoms with Crippen LogP contribution < -0.4 is 4.90 Å². The summed E-state index contributed by atoms with van der Waals surface area (Å²) < 4.78 is 2.41. The molecule has 13 aromatic rings. The van der Waals surface area contributed by atoms with Gasteiger partial charge in [0.25, 0.3) is 0 Å². The normalized spacial score (nSPS) is 12.9. The molecule has 0 atom stereocenters. The SMILES string of the molecule is c1ccc(-c2cccc(-n3c4ccccc4c4cc(-c5ccc(-c6ccc7c(c6)C6(c8ccccc8-7)c7ccccc7N(c7cc(-c8ccccc8)cc(-c8ccccc8)n7)c7ccccc76)cc5)ccc43)c2)cc1. The van der Waals surface area contributed by atoms with Gasteiger partial charge in [0.05, 0.1) is 33.5 Å². The first-order valence-electron chi connectivity index (χ1n) is 25.9. The molecule has 3 heteroatoms. The summed E-state index contributed by atoms with van der Waals surface area (Å²) in [5.74, 6) is 0.879. The zero-order valence-electron chi connectivity index (χ0n) is 41.0. The topological polar surface area (TPSA) is 21.1 Å². The number of benzene rings is 11. The van der Waals surface area contributed by atoms with Crippen LogP contribution in [0.1, 0.15) is 22.3 Å². The average Bonchev–Trinajstić information content (AvgIpc) is 3.99. The highest BCUT2D eigenvalue weighted by Crippen LogP contribution is 2.63. The zero-order valence-corrected chi connectivity index (χ0v) is 41.0. The number of rotatable bonds is 7. The summed E-state index contributed by atoms with van der Waals surface area (Å²) in [7, 11) is 0. The lowest BCUT2D eigenvalue weighted by atomic mass is 9.64. The molecule has 0 bridgehead atoms. The lowest BCUT2D eigenvalue weighted by molar-refractivity contribution is 0.751. The van der Waals surface area contributed by atoms with Crippen molar-refractivity contribution in [1.82, 2.24) is 9.55 Å². The number of aromatic nitrogens is 2. The number of hydrogen-bond acceptors (Lipinski definition) is 2. The summed E-state index contributed by atoms with van der Waals surface area (Å²) in [6.45, 7) is 0. The Kier molecular flexibility index (Phi) is 9.79. The number of hydrogen-bond donors (Lipinski definition) is 0. The van der Waals surface area contributed by atoms with Gasteiger partial charge in [-0.2, -0.15) is 0 Å². The maximum atomic E-state index is 5.52. The van der Waals surface area contributed by atoms with Crippen LogP contribution in [0.3, 0.4) is 0 Å². The Morgan fingerprint density at radius 3 is 1.48 bits per heavy atom. The van der Waals surface area contributed by atoms with Gasteiger partial charge in [0, 0.05) is 22.0 Å². The fraction of sp³-hybridized carbons (Fsp3) is 0.0139. The van der Waals surface area contributed by atoms with Crippen LogP contribution in [0, 0.1) is 0 Å². The van der Waals surface area contributed by atoms with Gasteiger partial charge in [-0.05, 0) is 139 Å². The Labute approximate surface area is 436 Å². The van der Waals surface area contributed by atoms with Crippen LogP contribution >= 0.6 is 0 Å². The van der Waals surface area contributed by atoms with E-state index in [9.17, 15) is 0 Å². The molecule has 3 heterocycles. The molecule has 0 saturated heterocycles.